The smallest absolute Gasteiger partial charge is 0.311 e. The van der Waals surface area contributed by atoms with Crippen molar-refractivity contribution in [2.75, 3.05) is 0 Å². The van der Waals surface area contributed by atoms with Gasteiger partial charge in [-0.3, -0.25) is 9.78 Å². The van der Waals surface area contributed by atoms with Gasteiger partial charge in [0.05, 0.1) is 28.7 Å². The van der Waals surface area contributed by atoms with Crippen molar-refractivity contribution >= 4 is 17.6 Å². The second kappa shape index (κ2) is 16.4. The third-order valence-electron chi connectivity index (χ3n) is 7.91. The first-order valence-electron chi connectivity index (χ1n) is 15.7. The second-order valence-electron chi connectivity index (χ2n) is 11.7. The number of ether oxygens (including phenoxy) is 3. The van der Waals surface area contributed by atoms with Crippen LogP contribution in [0.1, 0.15) is 75.0 Å². The van der Waals surface area contributed by atoms with Gasteiger partial charge in [-0.1, -0.05) is 54.9 Å². The van der Waals surface area contributed by atoms with Crippen molar-refractivity contribution in [2.45, 2.75) is 78.8 Å². The van der Waals surface area contributed by atoms with Crippen molar-refractivity contribution in [1.29, 1.82) is 5.26 Å². The van der Waals surface area contributed by atoms with E-state index < -0.39 is 12.0 Å². The first-order chi connectivity index (χ1) is 22.5. The van der Waals surface area contributed by atoms with E-state index >= 15 is 0 Å². The molecule has 1 aliphatic rings. The van der Waals surface area contributed by atoms with Crippen LogP contribution in [0, 0.1) is 23.1 Å². The molecule has 3 aromatic carbocycles. The molecule has 7 nitrogen and oxygen atoms in total. The van der Waals surface area contributed by atoms with Crippen LogP contribution in [0.3, 0.4) is 0 Å². The van der Waals surface area contributed by atoms with E-state index in [0.29, 0.717) is 27.6 Å². The van der Waals surface area contributed by atoms with Crippen LogP contribution in [0.5, 0.6) is 11.5 Å². The van der Waals surface area contributed by atoms with Crippen LogP contribution in [0.25, 0.3) is 11.1 Å². The van der Waals surface area contributed by atoms with Gasteiger partial charge in [-0.2, -0.15) is 5.26 Å². The van der Waals surface area contributed by atoms with Crippen LogP contribution in [0.2, 0.25) is 5.02 Å². The van der Waals surface area contributed by atoms with Gasteiger partial charge in [0.15, 0.2) is 0 Å². The van der Waals surface area contributed by atoms with Gasteiger partial charge in [0.2, 0.25) is 0 Å². The highest BCUT2D eigenvalue weighted by Crippen LogP contribution is 2.43. The fourth-order valence-electron chi connectivity index (χ4n) is 5.23. The molecule has 1 aliphatic carbocycles. The number of carbonyl (C=O) groups is 1. The number of nitrogens with zero attached hydrogens (tertiary/aromatic N) is 2. The van der Waals surface area contributed by atoms with Gasteiger partial charge >= 0.3 is 5.97 Å². The quantitative estimate of drug-likeness (QED) is 0.170. The molecule has 9 heteroatoms. The molecule has 1 N–H and O–H groups in total. The van der Waals surface area contributed by atoms with E-state index in [1.807, 2.05) is 49.4 Å². The average molecular weight is 659 g/mol. The molecule has 5 rings (SSSR count). The first-order valence-corrected chi connectivity index (χ1v) is 16.1. The maximum atomic E-state index is 14.5. The molecule has 246 valence electrons. The summed E-state index contributed by atoms with van der Waals surface area (Å²) in [5.41, 5.74) is 5.92. The molecule has 1 aromatic heterocycles. The number of aliphatic hydroxyl groups excluding tert-OH is 1. The Hall–Kier alpha value is -4.45. The monoisotopic (exact) mass is 658 g/mol. The molecule has 1 heterocycles. The Morgan fingerprint density at radius 1 is 1.06 bits per heavy atom. The highest BCUT2D eigenvalue weighted by atomic mass is 35.5. The largest absolute Gasteiger partial charge is 0.488 e. The molecule has 0 amide bonds. The van der Waals surface area contributed by atoms with Crippen molar-refractivity contribution in [1.82, 2.24) is 4.98 Å². The lowest BCUT2D eigenvalue weighted by atomic mass is 9.96. The summed E-state index contributed by atoms with van der Waals surface area (Å²) in [6.45, 7) is 9.10. The minimum Gasteiger partial charge on any atom is -0.488 e. The zero-order valence-corrected chi connectivity index (χ0v) is 28.1. The number of fused-ring (bicyclic) bond motifs is 1. The number of benzene rings is 3. The predicted octanol–water partition coefficient (Wildman–Crippen LogP) is 8.58. The van der Waals surface area contributed by atoms with E-state index in [1.54, 1.807) is 46.0 Å². The summed E-state index contributed by atoms with van der Waals surface area (Å²) >= 11 is 6.61. The molecule has 0 saturated heterocycles. The molecule has 0 bridgehead atoms. The van der Waals surface area contributed by atoms with E-state index in [-0.39, 0.29) is 30.6 Å². The Morgan fingerprint density at radius 3 is 2.49 bits per heavy atom. The fraction of sp³-hybridized carbons (Fsp3) is 0.342. The second-order valence-corrected chi connectivity index (χ2v) is 12.1. The molecule has 3 atom stereocenters. The summed E-state index contributed by atoms with van der Waals surface area (Å²) in [6.07, 6.45) is 4.57. The molecule has 0 aliphatic heterocycles. The van der Waals surface area contributed by atoms with Gasteiger partial charge in [-0.25, -0.2) is 4.39 Å². The number of pyridine rings is 1. The molecule has 0 saturated carbocycles. The number of hydrogen-bond acceptors (Lipinski definition) is 7. The molecule has 4 aromatic rings. The van der Waals surface area contributed by atoms with Gasteiger partial charge < -0.3 is 19.3 Å². The zero-order chi connectivity index (χ0) is 34.1. The first kappa shape index (κ1) is 35.4. The SMILES string of the molecule is CC(C)OC(=O)C(C)C(C)O.CCc1cc(Cl)c(O[C@H]2CCc3c(-c4ccccc4F)cccc32)cc1OCc1cncc(C#N)c1. The van der Waals surface area contributed by atoms with Crippen LogP contribution in [-0.4, -0.2) is 28.3 Å². The summed E-state index contributed by atoms with van der Waals surface area (Å²) < 4.78 is 31.9. The van der Waals surface area contributed by atoms with Crippen LogP contribution < -0.4 is 9.47 Å². The maximum absolute atomic E-state index is 14.5. The lowest BCUT2D eigenvalue weighted by Crippen LogP contribution is -2.26. The summed E-state index contributed by atoms with van der Waals surface area (Å²) in [5, 5.41) is 18.6. The van der Waals surface area contributed by atoms with Crippen molar-refractivity contribution in [2.24, 2.45) is 5.92 Å². The van der Waals surface area contributed by atoms with Crippen molar-refractivity contribution < 1.29 is 28.5 Å². The molecular weight excluding hydrogens is 619 g/mol. The summed E-state index contributed by atoms with van der Waals surface area (Å²) in [5.74, 6) is 0.220. The number of rotatable bonds is 10. The van der Waals surface area contributed by atoms with Gasteiger partial charge in [0.25, 0.3) is 0 Å². The predicted molar refractivity (Wildman–Crippen MR) is 180 cm³/mol. The number of esters is 1. The molecule has 0 spiro atoms. The summed E-state index contributed by atoms with van der Waals surface area (Å²) in [7, 11) is 0. The normalized spacial score (nSPS) is 14.7. The molecule has 2 unspecified atom stereocenters. The lowest BCUT2D eigenvalue weighted by molar-refractivity contribution is -0.155. The number of aromatic nitrogens is 1. The Morgan fingerprint density at radius 2 is 1.81 bits per heavy atom. The van der Waals surface area contributed by atoms with Crippen LogP contribution >= 0.6 is 11.6 Å². The third kappa shape index (κ3) is 9.09. The lowest BCUT2D eigenvalue weighted by Gasteiger charge is -2.19. The third-order valence-corrected chi connectivity index (χ3v) is 8.21. The number of hydrogen-bond donors (Lipinski definition) is 1. The number of carbonyl (C=O) groups excluding carboxylic acids is 1. The Bertz CT molecular complexity index is 1740. The highest BCUT2D eigenvalue weighted by Gasteiger charge is 2.28. The molecule has 0 fully saturated rings. The molecular formula is C38H40ClFN2O5. The molecule has 0 radical (unpaired) electrons. The van der Waals surface area contributed by atoms with Crippen molar-refractivity contribution in [3.8, 4) is 28.7 Å². The number of aryl methyl sites for hydroxylation is 1. The van der Waals surface area contributed by atoms with E-state index in [1.165, 1.54) is 12.3 Å². The number of halogens is 2. The Labute approximate surface area is 280 Å². The van der Waals surface area contributed by atoms with E-state index in [4.69, 9.17) is 36.2 Å². The van der Waals surface area contributed by atoms with Crippen LogP contribution in [0.4, 0.5) is 4.39 Å². The highest BCUT2D eigenvalue weighted by molar-refractivity contribution is 6.32. The zero-order valence-electron chi connectivity index (χ0n) is 27.3. The Kier molecular flexibility index (Phi) is 12.4. The number of aliphatic hydroxyl groups is 1. The standard InChI is InChI=1S/C30H24ClFN2O2.C8H16O3/c1-2-21-13-26(31)30(14-29(21)35-18-20-12-19(15-33)16-34-17-20)36-28-11-10-23-22(7-5-8-25(23)28)24-6-3-4-9-27(24)32;1-5(2)11-8(10)6(3)7(4)9/h3-9,12-14,16-17,28H,2,10-11,18H2,1H3;5-7,9H,1-4H3/t28-;/m0./s1. The maximum Gasteiger partial charge on any atom is 0.311 e. The van der Waals surface area contributed by atoms with Crippen LogP contribution in [0.15, 0.2) is 73.1 Å². The fourth-order valence-corrected chi connectivity index (χ4v) is 5.46. The summed E-state index contributed by atoms with van der Waals surface area (Å²) in [6, 6.07) is 20.4. The number of nitriles is 1. The molecule has 47 heavy (non-hydrogen) atoms. The van der Waals surface area contributed by atoms with E-state index in [9.17, 15) is 9.18 Å². The minimum absolute atomic E-state index is 0.108. The van der Waals surface area contributed by atoms with Crippen LogP contribution in [-0.2, 0) is 29.0 Å². The van der Waals surface area contributed by atoms with Gasteiger partial charge in [-0.15, -0.1) is 0 Å². The van der Waals surface area contributed by atoms with Gasteiger partial charge in [0.1, 0.15) is 36.1 Å². The minimum atomic E-state index is -0.638. The summed E-state index contributed by atoms with van der Waals surface area (Å²) in [4.78, 5) is 15.1. The van der Waals surface area contributed by atoms with E-state index in [2.05, 4.69) is 11.1 Å². The van der Waals surface area contributed by atoms with Gasteiger partial charge in [-0.05, 0) is 87.4 Å². The van der Waals surface area contributed by atoms with Gasteiger partial charge in [0, 0.05) is 29.6 Å². The van der Waals surface area contributed by atoms with E-state index in [0.717, 1.165) is 47.1 Å². The Balaban J connectivity index is 0.000000391. The van der Waals surface area contributed by atoms with Crippen molar-refractivity contribution in [3.05, 3.63) is 112 Å². The topological polar surface area (TPSA) is 102 Å². The van der Waals surface area contributed by atoms with Crippen molar-refractivity contribution in [3.63, 3.8) is 0 Å². The average Bonchev–Trinajstić information content (AvgIpc) is 3.47.